The molecule has 1 unspecified atom stereocenters. The first-order chi connectivity index (χ1) is 16.3. The van der Waals surface area contributed by atoms with Crippen molar-refractivity contribution in [2.45, 2.75) is 26.8 Å². The van der Waals surface area contributed by atoms with Crippen molar-refractivity contribution >= 4 is 29.0 Å². The molecule has 172 valence electrons. The van der Waals surface area contributed by atoms with Gasteiger partial charge in [-0.3, -0.25) is 18.8 Å². The lowest BCUT2D eigenvalue weighted by Crippen LogP contribution is -2.40. The van der Waals surface area contributed by atoms with Gasteiger partial charge in [-0.05, 0) is 51.1 Å². The van der Waals surface area contributed by atoms with Crippen molar-refractivity contribution in [1.29, 1.82) is 0 Å². The number of aromatic nitrogens is 3. The molecule has 0 bridgehead atoms. The lowest BCUT2D eigenvalue weighted by atomic mass is 10.00. The number of carbonyl (C=O) groups is 1. The number of nitrogens with one attached hydrogen (secondary N) is 1. The predicted octanol–water partition coefficient (Wildman–Crippen LogP) is 2.82. The minimum Gasteiger partial charge on any atom is -0.464 e. The number of thiazole rings is 1. The Balaban J connectivity index is 1.68. The molecule has 0 spiro atoms. The van der Waals surface area contributed by atoms with Crippen molar-refractivity contribution in [1.82, 2.24) is 14.3 Å². The van der Waals surface area contributed by atoms with E-state index < -0.39 is 6.04 Å². The summed E-state index contributed by atoms with van der Waals surface area (Å²) in [5.74, 6) is 0.875. The minimum absolute atomic E-state index is 0.233. The first-order valence-corrected chi connectivity index (χ1v) is 11.6. The monoisotopic (exact) mass is 473 g/mol. The summed E-state index contributed by atoms with van der Waals surface area (Å²) in [6.07, 6.45) is 3.69. The molecule has 1 aromatic carbocycles. The van der Waals surface area contributed by atoms with Gasteiger partial charge in [-0.1, -0.05) is 29.5 Å². The van der Waals surface area contributed by atoms with E-state index in [0.29, 0.717) is 37.8 Å². The molecule has 1 aliphatic heterocycles. The highest BCUT2D eigenvalue weighted by Gasteiger charge is 2.34. The maximum absolute atomic E-state index is 13.6. The first kappa shape index (κ1) is 21.8. The summed E-state index contributed by atoms with van der Waals surface area (Å²) >= 11 is 1.29. The van der Waals surface area contributed by atoms with Crippen LogP contribution in [-0.4, -0.2) is 20.3 Å². The van der Waals surface area contributed by atoms with Crippen LogP contribution in [0.3, 0.4) is 0 Å². The lowest BCUT2D eigenvalue weighted by molar-refractivity contribution is -0.113. The molecule has 1 N–H and O–H groups in total. The fourth-order valence-corrected chi connectivity index (χ4v) is 5.14. The van der Waals surface area contributed by atoms with Crippen LogP contribution in [0.2, 0.25) is 0 Å². The smallest absolute Gasteiger partial charge is 0.271 e. The van der Waals surface area contributed by atoms with E-state index in [1.165, 1.54) is 11.3 Å². The van der Waals surface area contributed by atoms with E-state index in [1.807, 2.05) is 69.6 Å². The molecule has 4 heterocycles. The van der Waals surface area contributed by atoms with Crippen LogP contribution in [0.15, 0.2) is 74.1 Å². The molecule has 5 rings (SSSR count). The van der Waals surface area contributed by atoms with Gasteiger partial charge in [-0.25, -0.2) is 4.99 Å². The normalized spacial score (nSPS) is 15.9. The van der Waals surface area contributed by atoms with E-state index >= 15 is 0 Å². The number of hydrogen-bond donors (Lipinski definition) is 1. The topological polar surface area (TPSA) is 94.4 Å². The van der Waals surface area contributed by atoms with Crippen molar-refractivity contribution < 1.29 is 9.21 Å². The molecule has 0 aliphatic carbocycles. The molecular formula is C25H23N5O3S. The second kappa shape index (κ2) is 8.42. The number of hydrogen-bond acceptors (Lipinski definition) is 6. The van der Waals surface area contributed by atoms with E-state index in [2.05, 4.69) is 15.4 Å². The summed E-state index contributed by atoms with van der Waals surface area (Å²) in [5, 5.41) is 7.28. The molecule has 4 aromatic rings. The average Bonchev–Trinajstić information content (AvgIpc) is 3.45. The SMILES string of the molecule is CC1=C(C(=O)Nc2ccccc2)C(c2ccc(C)o2)n2c(sc(=Cc3cn(C)nc3C)c2=O)=N1. The maximum Gasteiger partial charge on any atom is 0.271 e. The Bertz CT molecular complexity index is 1620. The Morgan fingerprint density at radius 2 is 1.91 bits per heavy atom. The summed E-state index contributed by atoms with van der Waals surface area (Å²) < 4.78 is 9.70. The standard InChI is InChI=1S/C25H23N5O3S/c1-14-10-11-19(33-14)22-21(23(31)27-18-8-6-5-7-9-18)16(3)26-25-30(22)24(32)20(34-25)12-17-13-29(4)28-15(17)2/h5-13,22H,1-4H3,(H,27,31). The van der Waals surface area contributed by atoms with Crippen LogP contribution in [0.25, 0.3) is 6.08 Å². The Kier molecular flexibility index (Phi) is 5.41. The molecule has 0 saturated carbocycles. The number of fused-ring (bicyclic) bond motifs is 1. The van der Waals surface area contributed by atoms with E-state index in [9.17, 15) is 9.59 Å². The molecular weight excluding hydrogens is 450 g/mol. The van der Waals surface area contributed by atoms with Gasteiger partial charge >= 0.3 is 0 Å². The van der Waals surface area contributed by atoms with E-state index in [4.69, 9.17) is 4.42 Å². The van der Waals surface area contributed by atoms with Crippen LogP contribution >= 0.6 is 11.3 Å². The summed E-state index contributed by atoms with van der Waals surface area (Å²) in [4.78, 5) is 32.2. The fraction of sp³-hybridized carbons (Fsp3) is 0.200. The fourth-order valence-electron chi connectivity index (χ4n) is 4.10. The third-order valence-corrected chi connectivity index (χ3v) is 6.65. The van der Waals surface area contributed by atoms with Gasteiger partial charge in [0.2, 0.25) is 0 Å². The zero-order chi connectivity index (χ0) is 24.0. The second-order valence-corrected chi connectivity index (χ2v) is 9.20. The molecule has 3 aromatic heterocycles. The number of aryl methyl sites for hydroxylation is 3. The van der Waals surface area contributed by atoms with Crippen LogP contribution in [-0.2, 0) is 11.8 Å². The highest BCUT2D eigenvalue weighted by Crippen LogP contribution is 2.31. The number of carbonyl (C=O) groups excluding carboxylic acids is 1. The third kappa shape index (κ3) is 3.84. The Morgan fingerprint density at radius 3 is 2.56 bits per heavy atom. The summed E-state index contributed by atoms with van der Waals surface area (Å²) in [5.41, 5.74) is 3.02. The lowest BCUT2D eigenvalue weighted by Gasteiger charge is -2.23. The highest BCUT2D eigenvalue weighted by atomic mass is 32.1. The molecule has 9 heteroatoms. The zero-order valence-electron chi connectivity index (χ0n) is 19.2. The predicted molar refractivity (Wildman–Crippen MR) is 130 cm³/mol. The Hall–Kier alpha value is -3.98. The molecule has 0 radical (unpaired) electrons. The van der Waals surface area contributed by atoms with Gasteiger partial charge in [0.15, 0.2) is 4.80 Å². The number of para-hydroxylation sites is 1. The molecule has 34 heavy (non-hydrogen) atoms. The van der Waals surface area contributed by atoms with E-state index in [0.717, 1.165) is 11.3 Å². The van der Waals surface area contributed by atoms with Crippen LogP contribution in [0.4, 0.5) is 5.69 Å². The van der Waals surface area contributed by atoms with Gasteiger partial charge in [0.05, 0.1) is 21.5 Å². The van der Waals surface area contributed by atoms with Crippen molar-refractivity contribution in [3.63, 3.8) is 0 Å². The molecule has 1 amide bonds. The summed E-state index contributed by atoms with van der Waals surface area (Å²) in [6, 6.07) is 12.1. The first-order valence-electron chi connectivity index (χ1n) is 10.8. The number of nitrogens with zero attached hydrogens (tertiary/aromatic N) is 4. The molecule has 1 atom stereocenters. The van der Waals surface area contributed by atoms with Crippen LogP contribution in [0, 0.1) is 13.8 Å². The van der Waals surface area contributed by atoms with Crippen molar-refractivity contribution in [3.8, 4) is 0 Å². The maximum atomic E-state index is 13.6. The quantitative estimate of drug-likeness (QED) is 0.493. The highest BCUT2D eigenvalue weighted by molar-refractivity contribution is 7.07. The molecule has 1 aliphatic rings. The molecule has 0 saturated heterocycles. The summed E-state index contributed by atoms with van der Waals surface area (Å²) in [6.45, 7) is 5.51. The van der Waals surface area contributed by atoms with Gasteiger partial charge in [0, 0.05) is 24.5 Å². The third-order valence-electron chi connectivity index (χ3n) is 5.67. The van der Waals surface area contributed by atoms with E-state index in [-0.39, 0.29) is 11.5 Å². The number of allylic oxidation sites excluding steroid dienone is 1. The largest absolute Gasteiger partial charge is 0.464 e. The van der Waals surface area contributed by atoms with E-state index in [1.54, 1.807) is 22.2 Å². The molecule has 0 fully saturated rings. The Labute approximate surface area is 199 Å². The molecule has 8 nitrogen and oxygen atoms in total. The number of benzene rings is 1. The van der Waals surface area contributed by atoms with Crippen LogP contribution < -0.4 is 20.2 Å². The Morgan fingerprint density at radius 1 is 1.15 bits per heavy atom. The van der Waals surface area contributed by atoms with Crippen molar-refractivity contribution in [3.05, 3.63) is 102 Å². The number of rotatable bonds is 4. The van der Waals surface area contributed by atoms with Gasteiger partial charge in [0.1, 0.15) is 17.6 Å². The van der Waals surface area contributed by atoms with Gasteiger partial charge in [-0.2, -0.15) is 5.10 Å². The number of amides is 1. The minimum atomic E-state index is -0.731. The number of furan rings is 1. The van der Waals surface area contributed by atoms with Gasteiger partial charge < -0.3 is 9.73 Å². The second-order valence-electron chi connectivity index (χ2n) is 8.19. The van der Waals surface area contributed by atoms with Gasteiger partial charge in [0.25, 0.3) is 11.5 Å². The van der Waals surface area contributed by atoms with Gasteiger partial charge in [-0.15, -0.1) is 0 Å². The number of anilines is 1. The van der Waals surface area contributed by atoms with Crippen LogP contribution in [0.5, 0.6) is 0 Å². The van der Waals surface area contributed by atoms with Crippen molar-refractivity contribution in [2.75, 3.05) is 5.32 Å². The van der Waals surface area contributed by atoms with Crippen LogP contribution in [0.1, 0.15) is 35.7 Å². The average molecular weight is 474 g/mol. The van der Waals surface area contributed by atoms with Crippen molar-refractivity contribution in [2.24, 2.45) is 12.0 Å². The zero-order valence-corrected chi connectivity index (χ0v) is 20.0. The summed E-state index contributed by atoms with van der Waals surface area (Å²) in [7, 11) is 1.84.